The topological polar surface area (TPSA) is 139 Å². The second kappa shape index (κ2) is 14.0. The number of ether oxygens (including phenoxy) is 2. The number of aromatic nitrogens is 1. The van der Waals surface area contributed by atoms with Gasteiger partial charge in [-0.2, -0.15) is 0 Å². The Bertz CT molecular complexity index is 1610. The summed E-state index contributed by atoms with van der Waals surface area (Å²) in [6, 6.07) is 17.6. The van der Waals surface area contributed by atoms with Gasteiger partial charge in [0.25, 0.3) is 5.91 Å². The van der Waals surface area contributed by atoms with Crippen LogP contribution >= 0.6 is 24.6 Å². The summed E-state index contributed by atoms with van der Waals surface area (Å²) in [5.41, 5.74) is 1.57. The number of carbonyl (C=O) groups is 3. The number of aliphatic carboxylic acids is 1. The molecule has 0 fully saturated rings. The van der Waals surface area contributed by atoms with E-state index in [1.54, 1.807) is 0 Å². The fraction of sp³-hybridized carbons (Fsp3) is 0.107. The Morgan fingerprint density at radius 1 is 1.00 bits per heavy atom. The molecule has 2 amide bonds. The standard InChI is InChI=1S/C28H23FN4O6S.ClH/c1-38-24-14-21-18(13-19(24)27(37)31-15-26(35)36)22(9-10-30-21)39-23-8-7-17(12-20(23)29)32-28(40)33-25(34)11-16-5-3-2-4-6-16;/h2-10,12-14H,11,15H2,1H3,(H,31,37)(H,35,36)(H2,32,33,34,40);1H. The van der Waals surface area contributed by atoms with Gasteiger partial charge in [-0.05, 0) is 42.0 Å². The molecule has 0 aliphatic rings. The Balaban J connectivity index is 0.00000462. The highest BCUT2D eigenvalue weighted by atomic mass is 35.5. The molecule has 1 heterocycles. The van der Waals surface area contributed by atoms with Crippen LogP contribution in [0.2, 0.25) is 0 Å². The summed E-state index contributed by atoms with van der Waals surface area (Å²) in [4.78, 5) is 39.9. The molecule has 4 N–H and O–H groups in total. The number of pyridine rings is 1. The number of methoxy groups -OCH3 is 1. The van der Waals surface area contributed by atoms with Crippen LogP contribution in [0.15, 0.2) is 72.9 Å². The van der Waals surface area contributed by atoms with Crippen molar-refractivity contribution in [1.82, 2.24) is 15.6 Å². The molecule has 0 unspecified atom stereocenters. The number of carbonyl (C=O) groups excluding carboxylic acids is 2. The van der Waals surface area contributed by atoms with Gasteiger partial charge in [0.05, 0.1) is 24.6 Å². The SMILES string of the molecule is COc1cc2nccc(Oc3ccc(NC(=S)NC(=O)Cc4ccccc4)cc3F)c2cc1C(=O)NCC(=O)O.Cl. The molecule has 0 saturated heterocycles. The van der Waals surface area contributed by atoms with E-state index in [1.165, 1.54) is 43.6 Å². The van der Waals surface area contributed by atoms with Crippen LogP contribution in [0.4, 0.5) is 10.1 Å². The molecular formula is C28H24ClFN4O6S. The number of hydrogen-bond donors (Lipinski definition) is 4. The van der Waals surface area contributed by atoms with Crippen molar-refractivity contribution in [2.24, 2.45) is 0 Å². The molecule has 13 heteroatoms. The van der Waals surface area contributed by atoms with Gasteiger partial charge in [0, 0.05) is 29.4 Å². The number of halogens is 2. The maximum Gasteiger partial charge on any atom is 0.322 e. The van der Waals surface area contributed by atoms with E-state index in [0.29, 0.717) is 10.9 Å². The summed E-state index contributed by atoms with van der Waals surface area (Å²) < 4.78 is 26.1. The summed E-state index contributed by atoms with van der Waals surface area (Å²) in [5.74, 6) is -2.67. The third-order valence-electron chi connectivity index (χ3n) is 5.54. The Kier molecular flexibility index (Phi) is 10.5. The lowest BCUT2D eigenvalue weighted by atomic mass is 10.1. The number of carboxylic acids is 1. The van der Waals surface area contributed by atoms with Gasteiger partial charge < -0.3 is 30.5 Å². The number of fused-ring (bicyclic) bond motifs is 1. The molecule has 212 valence electrons. The van der Waals surface area contributed by atoms with Gasteiger partial charge >= 0.3 is 5.97 Å². The molecule has 0 spiro atoms. The van der Waals surface area contributed by atoms with Crippen LogP contribution in [0.5, 0.6) is 17.2 Å². The highest BCUT2D eigenvalue weighted by Gasteiger charge is 2.18. The van der Waals surface area contributed by atoms with Gasteiger partial charge in [0.15, 0.2) is 16.7 Å². The molecule has 4 rings (SSSR count). The van der Waals surface area contributed by atoms with Crippen LogP contribution in [-0.2, 0) is 16.0 Å². The van der Waals surface area contributed by atoms with Crippen molar-refractivity contribution in [3.63, 3.8) is 0 Å². The first-order valence-corrected chi connectivity index (χ1v) is 12.2. The molecule has 4 aromatic rings. The van der Waals surface area contributed by atoms with Crippen LogP contribution in [0.1, 0.15) is 15.9 Å². The quantitative estimate of drug-likeness (QED) is 0.206. The fourth-order valence-corrected chi connectivity index (χ4v) is 3.96. The minimum atomic E-state index is -1.21. The first-order chi connectivity index (χ1) is 19.2. The molecule has 0 atom stereocenters. The van der Waals surface area contributed by atoms with Crippen LogP contribution < -0.4 is 25.4 Å². The molecule has 1 aromatic heterocycles. The number of rotatable bonds is 9. The number of nitrogens with one attached hydrogen (secondary N) is 3. The van der Waals surface area contributed by atoms with E-state index >= 15 is 0 Å². The molecule has 0 aliphatic heterocycles. The van der Waals surface area contributed by atoms with Crippen molar-refractivity contribution in [2.45, 2.75) is 6.42 Å². The first-order valence-electron chi connectivity index (χ1n) is 11.8. The van der Waals surface area contributed by atoms with Gasteiger partial charge in [-0.15, -0.1) is 12.4 Å². The van der Waals surface area contributed by atoms with E-state index in [4.69, 9.17) is 26.8 Å². The van der Waals surface area contributed by atoms with Gasteiger partial charge in [-0.25, -0.2) is 4.39 Å². The number of anilines is 1. The Morgan fingerprint density at radius 3 is 2.44 bits per heavy atom. The summed E-state index contributed by atoms with van der Waals surface area (Å²) >= 11 is 5.17. The summed E-state index contributed by atoms with van der Waals surface area (Å²) in [5, 5.41) is 16.8. The monoisotopic (exact) mass is 598 g/mol. The van der Waals surface area contributed by atoms with Crippen molar-refractivity contribution in [2.75, 3.05) is 19.0 Å². The van der Waals surface area contributed by atoms with E-state index in [1.807, 2.05) is 30.3 Å². The number of amides is 2. The average molecular weight is 599 g/mol. The molecule has 3 aromatic carbocycles. The van der Waals surface area contributed by atoms with Crippen LogP contribution in [0.25, 0.3) is 10.9 Å². The highest BCUT2D eigenvalue weighted by Crippen LogP contribution is 2.34. The zero-order chi connectivity index (χ0) is 28.6. The number of hydrogen-bond acceptors (Lipinski definition) is 7. The van der Waals surface area contributed by atoms with E-state index in [9.17, 15) is 18.8 Å². The van der Waals surface area contributed by atoms with Gasteiger partial charge in [-0.3, -0.25) is 19.4 Å². The lowest BCUT2D eigenvalue weighted by Crippen LogP contribution is -2.35. The summed E-state index contributed by atoms with van der Waals surface area (Å²) in [7, 11) is 1.36. The van der Waals surface area contributed by atoms with Crippen molar-refractivity contribution >= 4 is 64.1 Å². The first kappa shape index (κ1) is 30.7. The zero-order valence-electron chi connectivity index (χ0n) is 21.5. The van der Waals surface area contributed by atoms with Gasteiger partial charge in [-0.1, -0.05) is 30.3 Å². The Morgan fingerprint density at radius 2 is 1.76 bits per heavy atom. The third-order valence-corrected chi connectivity index (χ3v) is 5.74. The normalized spacial score (nSPS) is 10.2. The Labute approximate surface area is 245 Å². The van der Waals surface area contributed by atoms with Crippen LogP contribution in [-0.4, -0.2) is 46.6 Å². The van der Waals surface area contributed by atoms with E-state index in [-0.39, 0.29) is 58.3 Å². The number of nitrogens with zero attached hydrogens (tertiary/aromatic N) is 1. The lowest BCUT2D eigenvalue weighted by molar-refractivity contribution is -0.135. The molecule has 0 aliphatic carbocycles. The maximum atomic E-state index is 15.0. The fourth-order valence-electron chi connectivity index (χ4n) is 3.73. The maximum absolute atomic E-state index is 15.0. The van der Waals surface area contributed by atoms with Crippen molar-refractivity contribution in [1.29, 1.82) is 0 Å². The van der Waals surface area contributed by atoms with Crippen molar-refractivity contribution < 1.29 is 33.4 Å². The molecule has 0 saturated carbocycles. The summed E-state index contributed by atoms with van der Waals surface area (Å²) in [6.45, 7) is -0.581. The zero-order valence-corrected chi connectivity index (χ0v) is 23.1. The minimum absolute atomic E-state index is 0. The largest absolute Gasteiger partial charge is 0.496 e. The molecule has 10 nitrogen and oxygen atoms in total. The number of thiocarbonyl (C=S) groups is 1. The smallest absolute Gasteiger partial charge is 0.322 e. The van der Waals surface area contributed by atoms with E-state index < -0.39 is 24.2 Å². The minimum Gasteiger partial charge on any atom is -0.496 e. The van der Waals surface area contributed by atoms with Gasteiger partial charge in [0.1, 0.15) is 18.0 Å². The lowest BCUT2D eigenvalue weighted by Gasteiger charge is -2.14. The average Bonchev–Trinajstić information content (AvgIpc) is 2.93. The van der Waals surface area contributed by atoms with Gasteiger partial charge in [0.2, 0.25) is 5.91 Å². The Hall–Kier alpha value is -4.81. The number of carboxylic acid groups (broad SMARTS) is 1. The molecule has 0 bridgehead atoms. The second-order valence-corrected chi connectivity index (χ2v) is 8.78. The summed E-state index contributed by atoms with van der Waals surface area (Å²) in [6.07, 6.45) is 1.59. The van der Waals surface area contributed by atoms with Crippen LogP contribution in [0.3, 0.4) is 0 Å². The van der Waals surface area contributed by atoms with E-state index in [2.05, 4.69) is 20.9 Å². The predicted octanol–water partition coefficient (Wildman–Crippen LogP) is 4.47. The molecule has 0 radical (unpaired) electrons. The highest BCUT2D eigenvalue weighted by molar-refractivity contribution is 7.80. The number of benzene rings is 3. The van der Waals surface area contributed by atoms with Crippen molar-refractivity contribution in [3.05, 3.63) is 89.9 Å². The molecular weight excluding hydrogens is 575 g/mol. The second-order valence-electron chi connectivity index (χ2n) is 8.37. The van der Waals surface area contributed by atoms with Crippen molar-refractivity contribution in [3.8, 4) is 17.2 Å². The van der Waals surface area contributed by atoms with E-state index in [0.717, 1.165) is 11.6 Å². The predicted molar refractivity (Wildman–Crippen MR) is 156 cm³/mol. The molecule has 41 heavy (non-hydrogen) atoms. The van der Waals surface area contributed by atoms with Crippen LogP contribution in [0, 0.1) is 5.82 Å². The third kappa shape index (κ3) is 8.10.